The van der Waals surface area contributed by atoms with Crippen LogP contribution in [-0.2, 0) is 0 Å². The average molecular weight is 437 g/mol. The zero-order valence-corrected chi connectivity index (χ0v) is 20.5. The molecule has 0 spiro atoms. The molecule has 1 aromatic rings. The van der Waals surface area contributed by atoms with Crippen molar-refractivity contribution in [2.45, 2.75) is 90.9 Å². The summed E-state index contributed by atoms with van der Waals surface area (Å²) in [7, 11) is 0. The summed E-state index contributed by atoms with van der Waals surface area (Å²) in [6, 6.07) is 8.05. The molecule has 2 heteroatoms. The van der Waals surface area contributed by atoms with Crippen molar-refractivity contribution in [3.8, 4) is 23.3 Å². The van der Waals surface area contributed by atoms with E-state index in [4.69, 9.17) is 9.47 Å². The predicted molar refractivity (Wildman–Crippen MR) is 135 cm³/mol. The predicted octanol–water partition coefficient (Wildman–Crippen LogP) is 8.22. The lowest BCUT2D eigenvalue weighted by Gasteiger charge is -2.26. The summed E-state index contributed by atoms with van der Waals surface area (Å²) in [6.07, 6.45) is 20.2. The lowest BCUT2D eigenvalue weighted by molar-refractivity contribution is 0.196. The van der Waals surface area contributed by atoms with Crippen molar-refractivity contribution in [2.24, 2.45) is 23.7 Å². The number of unbranched alkanes of at least 4 members (excludes halogenated alkanes) is 1. The highest BCUT2D eigenvalue weighted by Crippen LogP contribution is 2.32. The van der Waals surface area contributed by atoms with E-state index in [0.717, 1.165) is 43.0 Å². The third kappa shape index (κ3) is 8.93. The zero-order chi connectivity index (χ0) is 22.4. The molecule has 2 saturated carbocycles. The topological polar surface area (TPSA) is 18.5 Å². The summed E-state index contributed by atoms with van der Waals surface area (Å²) in [6.45, 7) is 6.00. The second-order valence-corrected chi connectivity index (χ2v) is 9.92. The minimum absolute atomic E-state index is 0.565. The van der Waals surface area contributed by atoms with E-state index in [-0.39, 0.29) is 0 Å². The number of hydrogen-bond donors (Lipinski definition) is 0. The first kappa shape index (κ1) is 24.8. The van der Waals surface area contributed by atoms with Gasteiger partial charge in [0.15, 0.2) is 0 Å². The van der Waals surface area contributed by atoms with E-state index in [9.17, 15) is 0 Å². The van der Waals surface area contributed by atoms with Crippen LogP contribution in [0.25, 0.3) is 0 Å². The van der Waals surface area contributed by atoms with E-state index in [1.54, 1.807) is 0 Å². The van der Waals surface area contributed by atoms with Gasteiger partial charge in [-0.1, -0.05) is 51.0 Å². The number of benzene rings is 1. The molecule has 0 aliphatic heterocycles. The van der Waals surface area contributed by atoms with E-state index in [0.29, 0.717) is 11.8 Å². The summed E-state index contributed by atoms with van der Waals surface area (Å²) in [5.41, 5.74) is 0. The maximum Gasteiger partial charge on any atom is 0.119 e. The molecule has 0 aromatic heterocycles. The number of ether oxygens (including phenoxy) is 2. The van der Waals surface area contributed by atoms with Gasteiger partial charge in [-0.3, -0.25) is 0 Å². The van der Waals surface area contributed by atoms with Crippen molar-refractivity contribution in [1.82, 2.24) is 0 Å². The molecule has 2 aliphatic carbocycles. The Bertz CT molecular complexity index is 707. The highest BCUT2D eigenvalue weighted by Gasteiger charge is 2.21. The van der Waals surface area contributed by atoms with Crippen LogP contribution in [0.5, 0.6) is 11.5 Å². The average Bonchev–Trinajstić information content (AvgIpc) is 2.85. The van der Waals surface area contributed by atoms with Crippen LogP contribution in [0.2, 0.25) is 0 Å². The van der Waals surface area contributed by atoms with Crippen molar-refractivity contribution in [1.29, 1.82) is 0 Å². The van der Waals surface area contributed by atoms with E-state index in [1.807, 2.05) is 24.3 Å². The molecule has 32 heavy (non-hydrogen) atoms. The lowest BCUT2D eigenvalue weighted by atomic mass is 9.80. The van der Waals surface area contributed by atoms with Crippen LogP contribution in [0.3, 0.4) is 0 Å². The van der Waals surface area contributed by atoms with Crippen molar-refractivity contribution in [2.75, 3.05) is 13.2 Å². The monoisotopic (exact) mass is 436 g/mol. The van der Waals surface area contributed by atoms with Gasteiger partial charge in [0, 0.05) is 5.92 Å². The molecule has 2 aliphatic rings. The molecule has 2 fully saturated rings. The molecular weight excluding hydrogens is 392 g/mol. The molecule has 0 radical (unpaired) electrons. The minimum atomic E-state index is 0.565. The Morgan fingerprint density at radius 2 is 1.47 bits per heavy atom. The second kappa shape index (κ2) is 14.3. The van der Waals surface area contributed by atoms with Crippen LogP contribution >= 0.6 is 0 Å². The van der Waals surface area contributed by atoms with Crippen molar-refractivity contribution < 1.29 is 9.47 Å². The Balaban J connectivity index is 1.29. The maximum atomic E-state index is 6.03. The fourth-order valence-electron chi connectivity index (χ4n) is 5.05. The molecule has 0 saturated heterocycles. The molecule has 0 bridgehead atoms. The normalized spacial score (nSPS) is 25.8. The molecule has 0 N–H and O–H groups in total. The maximum absolute atomic E-state index is 6.03. The summed E-state index contributed by atoms with van der Waals surface area (Å²) in [4.78, 5) is 0. The van der Waals surface area contributed by atoms with Crippen molar-refractivity contribution in [3.63, 3.8) is 0 Å². The molecule has 2 nitrogen and oxygen atoms in total. The van der Waals surface area contributed by atoms with E-state index < -0.39 is 0 Å². The Morgan fingerprint density at radius 3 is 2.12 bits per heavy atom. The molecule has 3 rings (SSSR count). The van der Waals surface area contributed by atoms with Crippen molar-refractivity contribution >= 4 is 0 Å². The van der Waals surface area contributed by atoms with E-state index in [1.165, 1.54) is 70.6 Å². The molecule has 0 amide bonds. The molecule has 0 atom stereocenters. The van der Waals surface area contributed by atoms with Gasteiger partial charge in [0.1, 0.15) is 11.5 Å². The highest BCUT2D eigenvalue weighted by atomic mass is 16.5. The highest BCUT2D eigenvalue weighted by molar-refractivity contribution is 5.31. The Kier molecular flexibility index (Phi) is 11.1. The SMILES string of the molecule is CCCC[C@H]1CC[C@H](/C=C/C#C[C@H]2CC[C@H](COc3ccc(OCCC)cc3)CC2)CC1. The molecule has 1 aromatic carbocycles. The summed E-state index contributed by atoms with van der Waals surface area (Å²) < 4.78 is 11.7. The van der Waals surface area contributed by atoms with E-state index >= 15 is 0 Å². The molecular formula is C30H44O2. The Morgan fingerprint density at radius 1 is 0.812 bits per heavy atom. The van der Waals surface area contributed by atoms with Gasteiger partial charge in [0.25, 0.3) is 0 Å². The quantitative estimate of drug-likeness (QED) is 0.344. The van der Waals surface area contributed by atoms with Gasteiger partial charge in [-0.2, -0.15) is 0 Å². The molecule has 176 valence electrons. The summed E-state index contributed by atoms with van der Waals surface area (Å²) >= 11 is 0. The van der Waals surface area contributed by atoms with Crippen LogP contribution < -0.4 is 9.47 Å². The minimum Gasteiger partial charge on any atom is -0.494 e. The second-order valence-electron chi connectivity index (χ2n) is 9.92. The molecule has 0 unspecified atom stereocenters. The first-order valence-electron chi connectivity index (χ1n) is 13.3. The Hall–Kier alpha value is -1.88. The van der Waals surface area contributed by atoms with Crippen LogP contribution in [0, 0.1) is 35.5 Å². The fourth-order valence-corrected chi connectivity index (χ4v) is 5.05. The van der Waals surface area contributed by atoms with Gasteiger partial charge < -0.3 is 9.47 Å². The third-order valence-electron chi connectivity index (χ3n) is 7.23. The zero-order valence-electron chi connectivity index (χ0n) is 20.5. The summed E-state index contributed by atoms with van der Waals surface area (Å²) in [5.74, 6) is 11.7. The standard InChI is InChI=1S/C30H44O2/c1-3-5-8-25-11-13-26(14-12-25)9-6-7-10-27-15-17-28(18-16-27)24-32-30-21-19-29(20-22-30)31-23-4-2/h6,9,19-22,25-28H,3-5,8,11-18,23-24H2,1-2H3/b9-6+/t25-,26-,27-,28-. The van der Waals surface area contributed by atoms with Gasteiger partial charge in [-0.25, -0.2) is 0 Å². The molecule has 0 heterocycles. The van der Waals surface area contributed by atoms with Gasteiger partial charge in [0.2, 0.25) is 0 Å². The van der Waals surface area contributed by atoms with Gasteiger partial charge >= 0.3 is 0 Å². The van der Waals surface area contributed by atoms with Gasteiger partial charge in [-0.05, 0) is 106 Å². The van der Waals surface area contributed by atoms with Crippen LogP contribution in [-0.4, -0.2) is 13.2 Å². The van der Waals surface area contributed by atoms with Crippen LogP contribution in [0.1, 0.15) is 90.9 Å². The largest absolute Gasteiger partial charge is 0.494 e. The van der Waals surface area contributed by atoms with E-state index in [2.05, 4.69) is 37.8 Å². The third-order valence-corrected chi connectivity index (χ3v) is 7.23. The smallest absolute Gasteiger partial charge is 0.119 e. The van der Waals surface area contributed by atoms with Gasteiger partial charge in [-0.15, -0.1) is 0 Å². The fraction of sp³-hybridized carbons (Fsp3) is 0.667. The number of rotatable bonds is 10. The Labute approximate surface area is 197 Å². The van der Waals surface area contributed by atoms with Crippen molar-refractivity contribution in [3.05, 3.63) is 36.4 Å². The van der Waals surface area contributed by atoms with Crippen LogP contribution in [0.4, 0.5) is 0 Å². The van der Waals surface area contributed by atoms with Crippen LogP contribution in [0.15, 0.2) is 36.4 Å². The lowest BCUT2D eigenvalue weighted by Crippen LogP contribution is -2.19. The van der Waals surface area contributed by atoms with Gasteiger partial charge in [0.05, 0.1) is 13.2 Å². The number of hydrogen-bond acceptors (Lipinski definition) is 2. The first-order valence-corrected chi connectivity index (χ1v) is 13.3. The number of allylic oxidation sites excluding steroid dienone is 2. The summed E-state index contributed by atoms with van der Waals surface area (Å²) in [5, 5.41) is 0. The first-order chi connectivity index (χ1) is 15.8.